The highest BCUT2D eigenvalue weighted by Gasteiger charge is 2.17. The fraction of sp³-hybridized carbons (Fsp3) is 0.238. The van der Waals surface area contributed by atoms with Crippen molar-refractivity contribution in [1.82, 2.24) is 20.1 Å². The third-order valence-corrected chi connectivity index (χ3v) is 4.99. The fourth-order valence-electron chi connectivity index (χ4n) is 2.66. The van der Waals surface area contributed by atoms with E-state index >= 15 is 0 Å². The molecule has 3 aromatic rings. The number of thioether (sulfide) groups is 1. The van der Waals surface area contributed by atoms with Gasteiger partial charge in [-0.1, -0.05) is 30.0 Å². The van der Waals surface area contributed by atoms with Gasteiger partial charge in [0, 0.05) is 11.3 Å². The quantitative estimate of drug-likeness (QED) is 0.415. The molecule has 156 valence electrons. The Bertz CT molecular complexity index is 990. The van der Waals surface area contributed by atoms with Crippen molar-refractivity contribution in [3.05, 3.63) is 54.6 Å². The Morgan fingerprint density at radius 1 is 1.07 bits per heavy atom. The third-order valence-electron chi connectivity index (χ3n) is 4.06. The standard InChI is InChI=1S/C21H22N4O4S/c1-3-29-19(27)13-22-18(26)14-30-21-24-23-20(15-9-11-17(28-2)12-10-15)25(21)16-7-5-4-6-8-16/h4-12H,3,13-14H2,1-2H3,(H,22,26). The number of benzene rings is 2. The number of amides is 1. The molecule has 1 amide bonds. The number of ether oxygens (including phenoxy) is 2. The number of aromatic nitrogens is 3. The number of nitrogens with one attached hydrogen (secondary N) is 1. The van der Waals surface area contributed by atoms with Crippen molar-refractivity contribution >= 4 is 23.6 Å². The number of rotatable bonds is 9. The molecule has 0 aliphatic heterocycles. The van der Waals surface area contributed by atoms with Crippen LogP contribution in [0.2, 0.25) is 0 Å². The minimum absolute atomic E-state index is 0.0903. The van der Waals surface area contributed by atoms with Gasteiger partial charge in [-0.25, -0.2) is 0 Å². The Kier molecular flexibility index (Phi) is 7.45. The van der Waals surface area contributed by atoms with E-state index in [2.05, 4.69) is 15.5 Å². The van der Waals surface area contributed by atoms with Crippen molar-refractivity contribution < 1.29 is 19.1 Å². The van der Waals surface area contributed by atoms with Crippen molar-refractivity contribution in [3.63, 3.8) is 0 Å². The van der Waals surface area contributed by atoms with E-state index in [0.29, 0.717) is 11.0 Å². The summed E-state index contributed by atoms with van der Waals surface area (Å²) >= 11 is 1.24. The zero-order chi connectivity index (χ0) is 21.3. The molecule has 0 aliphatic carbocycles. The summed E-state index contributed by atoms with van der Waals surface area (Å²) in [5.74, 6) is 0.731. The molecule has 0 aliphatic rings. The van der Waals surface area contributed by atoms with E-state index in [9.17, 15) is 9.59 Å². The summed E-state index contributed by atoms with van der Waals surface area (Å²) in [6.45, 7) is 1.83. The van der Waals surface area contributed by atoms with Crippen LogP contribution in [0.3, 0.4) is 0 Å². The summed E-state index contributed by atoms with van der Waals surface area (Å²) in [5.41, 5.74) is 1.74. The zero-order valence-electron chi connectivity index (χ0n) is 16.7. The fourth-order valence-corrected chi connectivity index (χ4v) is 3.45. The van der Waals surface area contributed by atoms with Crippen molar-refractivity contribution in [3.8, 4) is 22.8 Å². The van der Waals surface area contributed by atoms with Crippen molar-refractivity contribution in [2.24, 2.45) is 0 Å². The molecule has 8 nitrogen and oxygen atoms in total. The van der Waals surface area contributed by atoms with Crippen molar-refractivity contribution in [2.45, 2.75) is 12.1 Å². The first-order valence-electron chi connectivity index (χ1n) is 9.32. The van der Waals surface area contributed by atoms with Crippen LogP contribution in [0.1, 0.15) is 6.92 Å². The van der Waals surface area contributed by atoms with E-state index in [-0.39, 0.29) is 24.8 Å². The van der Waals surface area contributed by atoms with Crippen LogP contribution in [0, 0.1) is 0 Å². The maximum absolute atomic E-state index is 12.1. The highest BCUT2D eigenvalue weighted by Crippen LogP contribution is 2.28. The van der Waals surface area contributed by atoms with Gasteiger partial charge in [0.1, 0.15) is 12.3 Å². The number of nitrogens with zero attached hydrogens (tertiary/aromatic N) is 3. The summed E-state index contributed by atoms with van der Waals surface area (Å²) in [5, 5.41) is 11.7. The summed E-state index contributed by atoms with van der Waals surface area (Å²) in [7, 11) is 1.61. The molecule has 0 spiro atoms. The van der Waals surface area contributed by atoms with Gasteiger partial charge in [-0.15, -0.1) is 10.2 Å². The number of esters is 1. The van der Waals surface area contributed by atoms with Gasteiger partial charge in [-0.2, -0.15) is 0 Å². The molecule has 30 heavy (non-hydrogen) atoms. The van der Waals surface area contributed by atoms with Crippen LogP contribution in [0.25, 0.3) is 17.1 Å². The highest BCUT2D eigenvalue weighted by molar-refractivity contribution is 7.99. The first kappa shape index (κ1) is 21.4. The Morgan fingerprint density at radius 3 is 2.47 bits per heavy atom. The van der Waals surface area contributed by atoms with E-state index in [1.54, 1.807) is 14.0 Å². The number of carbonyl (C=O) groups excluding carboxylic acids is 2. The molecular formula is C21H22N4O4S. The van der Waals surface area contributed by atoms with Gasteiger partial charge in [0.15, 0.2) is 11.0 Å². The molecule has 1 heterocycles. The van der Waals surface area contributed by atoms with E-state index in [4.69, 9.17) is 9.47 Å². The molecule has 1 aromatic heterocycles. The van der Waals surface area contributed by atoms with Crippen LogP contribution in [-0.2, 0) is 14.3 Å². The Balaban J connectivity index is 1.80. The summed E-state index contributed by atoms with van der Waals surface area (Å²) in [4.78, 5) is 23.5. The molecule has 0 unspecified atom stereocenters. The molecule has 2 aromatic carbocycles. The second-order valence-electron chi connectivity index (χ2n) is 6.08. The number of hydrogen-bond donors (Lipinski definition) is 1. The van der Waals surface area contributed by atoms with Crippen LogP contribution in [0.5, 0.6) is 5.75 Å². The maximum Gasteiger partial charge on any atom is 0.325 e. The average molecular weight is 426 g/mol. The molecule has 0 saturated heterocycles. The second-order valence-corrected chi connectivity index (χ2v) is 7.02. The summed E-state index contributed by atoms with van der Waals surface area (Å²) < 4.78 is 11.9. The van der Waals surface area contributed by atoms with Crippen LogP contribution in [0.15, 0.2) is 59.8 Å². The van der Waals surface area contributed by atoms with Crippen LogP contribution in [0.4, 0.5) is 0 Å². The van der Waals surface area contributed by atoms with Gasteiger partial charge in [0.25, 0.3) is 0 Å². The summed E-state index contributed by atoms with van der Waals surface area (Å²) in [6, 6.07) is 17.2. The SMILES string of the molecule is CCOC(=O)CNC(=O)CSc1nnc(-c2ccc(OC)cc2)n1-c1ccccc1. The van der Waals surface area contributed by atoms with Crippen LogP contribution < -0.4 is 10.1 Å². The molecule has 1 N–H and O–H groups in total. The monoisotopic (exact) mass is 426 g/mol. The van der Waals surface area contributed by atoms with E-state index in [1.165, 1.54) is 11.8 Å². The second kappa shape index (κ2) is 10.4. The van der Waals surface area contributed by atoms with Crippen molar-refractivity contribution in [2.75, 3.05) is 26.0 Å². The lowest BCUT2D eigenvalue weighted by Crippen LogP contribution is -2.31. The largest absolute Gasteiger partial charge is 0.497 e. The van der Waals surface area contributed by atoms with Gasteiger partial charge in [0.2, 0.25) is 5.91 Å². The average Bonchev–Trinajstić information content (AvgIpc) is 3.21. The van der Waals surface area contributed by atoms with Gasteiger partial charge >= 0.3 is 5.97 Å². The minimum Gasteiger partial charge on any atom is -0.497 e. The third kappa shape index (κ3) is 5.38. The molecular weight excluding hydrogens is 404 g/mol. The number of para-hydroxylation sites is 1. The van der Waals surface area contributed by atoms with E-state index < -0.39 is 5.97 Å². The normalized spacial score (nSPS) is 10.5. The lowest BCUT2D eigenvalue weighted by Gasteiger charge is -2.11. The molecule has 0 atom stereocenters. The molecule has 0 saturated carbocycles. The van der Waals surface area contributed by atoms with Gasteiger partial charge in [-0.3, -0.25) is 14.2 Å². The van der Waals surface area contributed by atoms with Crippen LogP contribution in [-0.4, -0.2) is 52.7 Å². The number of carbonyl (C=O) groups is 2. The highest BCUT2D eigenvalue weighted by atomic mass is 32.2. The molecule has 0 bridgehead atoms. The minimum atomic E-state index is -0.468. The lowest BCUT2D eigenvalue weighted by molar-refractivity contribution is -0.143. The predicted octanol–water partition coefficient (Wildman–Crippen LogP) is 2.71. The molecule has 0 radical (unpaired) electrons. The van der Waals surface area contributed by atoms with Crippen LogP contribution >= 0.6 is 11.8 Å². The molecule has 3 rings (SSSR count). The van der Waals surface area contributed by atoms with Crippen molar-refractivity contribution in [1.29, 1.82) is 0 Å². The zero-order valence-corrected chi connectivity index (χ0v) is 17.5. The van der Waals surface area contributed by atoms with Gasteiger partial charge < -0.3 is 14.8 Å². The lowest BCUT2D eigenvalue weighted by atomic mass is 10.2. The van der Waals surface area contributed by atoms with Gasteiger partial charge in [-0.05, 0) is 43.3 Å². The van der Waals surface area contributed by atoms with E-state index in [1.807, 2.05) is 59.2 Å². The first-order valence-corrected chi connectivity index (χ1v) is 10.3. The van der Waals surface area contributed by atoms with Gasteiger partial charge in [0.05, 0.1) is 19.5 Å². The Labute approximate surface area is 178 Å². The Hall–Kier alpha value is -3.33. The smallest absolute Gasteiger partial charge is 0.325 e. The predicted molar refractivity (Wildman–Crippen MR) is 114 cm³/mol. The number of hydrogen-bond acceptors (Lipinski definition) is 7. The topological polar surface area (TPSA) is 95.3 Å². The summed E-state index contributed by atoms with van der Waals surface area (Å²) in [6.07, 6.45) is 0. The Morgan fingerprint density at radius 2 is 1.80 bits per heavy atom. The first-order chi connectivity index (χ1) is 14.6. The molecule has 0 fully saturated rings. The van der Waals surface area contributed by atoms with E-state index in [0.717, 1.165) is 17.0 Å². The maximum atomic E-state index is 12.1. The number of methoxy groups -OCH3 is 1. The molecule has 9 heteroatoms.